The third-order valence-corrected chi connectivity index (χ3v) is 6.08. The quantitative estimate of drug-likeness (QED) is 0.443. The van der Waals surface area contributed by atoms with E-state index in [4.69, 9.17) is 4.74 Å². The van der Waals surface area contributed by atoms with Gasteiger partial charge in [0.1, 0.15) is 11.7 Å². The molecule has 23 heavy (non-hydrogen) atoms. The molecule has 0 saturated heterocycles. The molecule has 6 nitrogen and oxygen atoms in total. The number of fused-ring (bicyclic) bond motifs is 1. The van der Waals surface area contributed by atoms with Crippen molar-refractivity contribution in [1.29, 1.82) is 0 Å². The number of ether oxygens (including phenoxy) is 1. The standard InChI is InChI=1S/C17H28O6/c1-11-14(23-12(2)20)5-7-15(3)6-4-13(8-17(11,15)22)16(21,9-18)10-19/h13-14,18-19,21-22H,1,4-10H2,2-3H3. The van der Waals surface area contributed by atoms with Crippen molar-refractivity contribution in [3.05, 3.63) is 12.2 Å². The van der Waals surface area contributed by atoms with Crippen LogP contribution < -0.4 is 0 Å². The van der Waals surface area contributed by atoms with Crippen molar-refractivity contribution in [1.82, 2.24) is 0 Å². The van der Waals surface area contributed by atoms with Gasteiger partial charge in [0.05, 0.1) is 18.8 Å². The maximum absolute atomic E-state index is 11.4. The average Bonchev–Trinajstić information content (AvgIpc) is 2.51. The van der Waals surface area contributed by atoms with E-state index in [9.17, 15) is 25.2 Å². The van der Waals surface area contributed by atoms with Crippen molar-refractivity contribution < 1.29 is 30.0 Å². The average molecular weight is 328 g/mol. The Morgan fingerprint density at radius 3 is 2.43 bits per heavy atom. The van der Waals surface area contributed by atoms with Gasteiger partial charge in [0.2, 0.25) is 0 Å². The van der Waals surface area contributed by atoms with Crippen LogP contribution in [0.5, 0.6) is 0 Å². The first-order valence-corrected chi connectivity index (χ1v) is 8.15. The van der Waals surface area contributed by atoms with Crippen LogP contribution >= 0.6 is 0 Å². The number of aliphatic hydroxyl groups excluding tert-OH is 2. The maximum atomic E-state index is 11.4. The van der Waals surface area contributed by atoms with Gasteiger partial charge in [0.25, 0.3) is 0 Å². The van der Waals surface area contributed by atoms with Crippen LogP contribution in [0, 0.1) is 11.3 Å². The smallest absolute Gasteiger partial charge is 0.303 e. The minimum atomic E-state index is -1.63. The first kappa shape index (κ1) is 18.4. The predicted molar refractivity (Wildman–Crippen MR) is 83.4 cm³/mol. The van der Waals surface area contributed by atoms with Crippen LogP contribution in [0.25, 0.3) is 0 Å². The fraction of sp³-hybridized carbons (Fsp3) is 0.824. The Hall–Kier alpha value is -0.950. The zero-order valence-corrected chi connectivity index (χ0v) is 13.9. The summed E-state index contributed by atoms with van der Waals surface area (Å²) in [6.07, 6.45) is 2.18. The number of esters is 1. The summed E-state index contributed by atoms with van der Waals surface area (Å²) in [7, 11) is 0. The number of hydrogen-bond donors (Lipinski definition) is 4. The number of aliphatic hydroxyl groups is 4. The second kappa shape index (κ2) is 6.16. The molecule has 0 aromatic heterocycles. The Labute approximate surface area is 136 Å². The minimum absolute atomic E-state index is 0.178. The van der Waals surface area contributed by atoms with Gasteiger partial charge in [0, 0.05) is 12.3 Å². The highest BCUT2D eigenvalue weighted by Crippen LogP contribution is 2.57. The van der Waals surface area contributed by atoms with Crippen LogP contribution in [0.3, 0.4) is 0 Å². The van der Waals surface area contributed by atoms with E-state index in [-0.39, 0.29) is 6.42 Å². The topological polar surface area (TPSA) is 107 Å². The summed E-state index contributed by atoms with van der Waals surface area (Å²) in [5.41, 5.74) is -2.90. The van der Waals surface area contributed by atoms with Crippen LogP contribution in [-0.2, 0) is 9.53 Å². The number of carbonyl (C=O) groups excluding carboxylic acids is 1. The van der Waals surface area contributed by atoms with Crippen LogP contribution in [0.2, 0.25) is 0 Å². The SMILES string of the molecule is C=C1C(OC(C)=O)CCC2(C)CCC(C(O)(CO)CO)CC12O. The van der Waals surface area contributed by atoms with Gasteiger partial charge >= 0.3 is 5.97 Å². The molecule has 2 rings (SSSR count). The number of rotatable bonds is 4. The van der Waals surface area contributed by atoms with Crippen LogP contribution in [-0.4, -0.2) is 56.9 Å². The van der Waals surface area contributed by atoms with Gasteiger partial charge in [-0.05, 0) is 43.6 Å². The minimum Gasteiger partial charge on any atom is -0.458 e. The Morgan fingerprint density at radius 1 is 1.35 bits per heavy atom. The monoisotopic (exact) mass is 328 g/mol. The highest BCUT2D eigenvalue weighted by atomic mass is 16.5. The molecule has 132 valence electrons. The second-order valence-corrected chi connectivity index (χ2v) is 7.44. The van der Waals surface area contributed by atoms with E-state index in [0.717, 1.165) is 0 Å². The molecule has 0 aliphatic heterocycles. The van der Waals surface area contributed by atoms with Crippen molar-refractivity contribution in [3.63, 3.8) is 0 Å². The van der Waals surface area contributed by atoms with Gasteiger partial charge < -0.3 is 25.2 Å². The van der Waals surface area contributed by atoms with E-state index in [1.54, 1.807) is 0 Å². The molecule has 2 aliphatic carbocycles. The Kier molecular flexibility index (Phi) is 4.93. The van der Waals surface area contributed by atoms with E-state index >= 15 is 0 Å². The third-order valence-electron chi connectivity index (χ3n) is 6.08. The fourth-order valence-electron chi connectivity index (χ4n) is 4.24. The van der Waals surface area contributed by atoms with Crippen LogP contribution in [0.15, 0.2) is 12.2 Å². The molecule has 0 spiro atoms. The van der Waals surface area contributed by atoms with Gasteiger partial charge in [0.15, 0.2) is 0 Å². The van der Waals surface area contributed by atoms with Gasteiger partial charge in [-0.15, -0.1) is 0 Å². The summed E-state index contributed by atoms with van der Waals surface area (Å²) in [6, 6.07) is 0. The zero-order chi connectivity index (χ0) is 17.5. The first-order chi connectivity index (χ1) is 10.6. The molecule has 4 unspecified atom stereocenters. The summed E-state index contributed by atoms with van der Waals surface area (Å²) in [5.74, 6) is -0.874. The molecule has 0 bridgehead atoms. The highest BCUT2D eigenvalue weighted by molar-refractivity contribution is 5.66. The number of carbonyl (C=O) groups is 1. The molecule has 2 aliphatic rings. The lowest BCUT2D eigenvalue weighted by atomic mass is 9.52. The van der Waals surface area contributed by atoms with Crippen molar-refractivity contribution in [3.8, 4) is 0 Å². The lowest BCUT2D eigenvalue weighted by Gasteiger charge is -2.57. The Bertz CT molecular complexity index is 485. The largest absolute Gasteiger partial charge is 0.458 e. The molecule has 0 aromatic rings. The van der Waals surface area contributed by atoms with Crippen LogP contribution in [0.4, 0.5) is 0 Å². The Morgan fingerprint density at radius 2 is 1.91 bits per heavy atom. The van der Waals surface area contributed by atoms with E-state index < -0.39 is 47.8 Å². The molecule has 4 atom stereocenters. The zero-order valence-electron chi connectivity index (χ0n) is 13.9. The molecular formula is C17H28O6. The van der Waals surface area contributed by atoms with Crippen molar-refractivity contribution >= 4 is 5.97 Å². The van der Waals surface area contributed by atoms with Gasteiger partial charge in [-0.3, -0.25) is 4.79 Å². The third kappa shape index (κ3) is 2.93. The highest BCUT2D eigenvalue weighted by Gasteiger charge is 2.59. The lowest BCUT2D eigenvalue weighted by molar-refractivity contribution is -0.182. The molecule has 0 amide bonds. The van der Waals surface area contributed by atoms with Crippen molar-refractivity contribution in [2.45, 2.75) is 63.3 Å². The maximum Gasteiger partial charge on any atom is 0.303 e. The predicted octanol–water partition coefficient (Wildman–Crippen LogP) is 0.521. The summed E-state index contributed by atoms with van der Waals surface area (Å²) >= 11 is 0. The van der Waals surface area contributed by atoms with E-state index in [0.29, 0.717) is 31.3 Å². The summed E-state index contributed by atoms with van der Waals surface area (Å²) in [4.78, 5) is 11.3. The second-order valence-electron chi connectivity index (χ2n) is 7.44. The van der Waals surface area contributed by atoms with E-state index in [2.05, 4.69) is 6.58 Å². The van der Waals surface area contributed by atoms with Gasteiger partial charge in [-0.25, -0.2) is 0 Å². The lowest BCUT2D eigenvalue weighted by Crippen LogP contribution is -2.61. The molecule has 6 heteroatoms. The number of hydrogen-bond acceptors (Lipinski definition) is 6. The molecule has 0 heterocycles. The van der Waals surface area contributed by atoms with Crippen molar-refractivity contribution in [2.75, 3.05) is 13.2 Å². The van der Waals surface area contributed by atoms with Crippen LogP contribution in [0.1, 0.15) is 46.0 Å². The Balaban J connectivity index is 2.29. The molecule has 4 N–H and O–H groups in total. The summed E-state index contributed by atoms with van der Waals surface area (Å²) in [6.45, 7) is 6.15. The molecule has 0 radical (unpaired) electrons. The first-order valence-electron chi connectivity index (χ1n) is 8.15. The van der Waals surface area contributed by atoms with E-state index in [1.807, 2.05) is 6.92 Å². The van der Waals surface area contributed by atoms with Crippen molar-refractivity contribution in [2.24, 2.45) is 11.3 Å². The molecule has 2 saturated carbocycles. The van der Waals surface area contributed by atoms with E-state index in [1.165, 1.54) is 6.92 Å². The van der Waals surface area contributed by atoms with Gasteiger partial charge in [-0.1, -0.05) is 13.5 Å². The fourth-order valence-corrected chi connectivity index (χ4v) is 4.24. The summed E-state index contributed by atoms with van der Waals surface area (Å²) in [5, 5.41) is 40.6. The normalized spacial score (nSPS) is 38.1. The molecular weight excluding hydrogens is 300 g/mol. The molecule has 0 aromatic carbocycles. The molecule has 2 fully saturated rings. The van der Waals surface area contributed by atoms with Gasteiger partial charge in [-0.2, -0.15) is 0 Å². The summed E-state index contributed by atoms with van der Waals surface area (Å²) < 4.78 is 5.28.